The number of carbonyl (C=O) groups is 1. The first-order valence-corrected chi connectivity index (χ1v) is 8.59. The predicted molar refractivity (Wildman–Crippen MR) is 98.4 cm³/mol. The third-order valence-electron chi connectivity index (χ3n) is 4.93. The minimum atomic E-state index is -0.411. The van der Waals surface area contributed by atoms with Gasteiger partial charge >= 0.3 is 5.63 Å². The van der Waals surface area contributed by atoms with Crippen molar-refractivity contribution in [3.8, 4) is 5.75 Å². The number of hydrogen-bond donors (Lipinski definition) is 0. The molecule has 0 saturated carbocycles. The van der Waals surface area contributed by atoms with Gasteiger partial charge in [0.15, 0.2) is 6.61 Å². The lowest BCUT2D eigenvalue weighted by Gasteiger charge is -2.24. The molecule has 1 aliphatic carbocycles. The first-order valence-electron chi connectivity index (χ1n) is 8.59. The lowest BCUT2D eigenvalue weighted by Crippen LogP contribution is -2.40. The molecule has 5 heteroatoms. The molecule has 26 heavy (non-hydrogen) atoms. The van der Waals surface area contributed by atoms with E-state index in [9.17, 15) is 9.59 Å². The molecule has 132 valence electrons. The van der Waals surface area contributed by atoms with E-state index in [2.05, 4.69) is 12.1 Å². The average molecular weight is 349 g/mol. The van der Waals surface area contributed by atoms with E-state index in [1.807, 2.05) is 19.2 Å². The molecule has 0 spiro atoms. The summed E-state index contributed by atoms with van der Waals surface area (Å²) in [5, 5.41) is 0.809. The fourth-order valence-electron chi connectivity index (χ4n) is 3.39. The minimum Gasteiger partial charge on any atom is -0.484 e. The first-order chi connectivity index (χ1) is 12.6. The number of nitrogens with zero attached hydrogens (tertiary/aromatic N) is 1. The summed E-state index contributed by atoms with van der Waals surface area (Å²) in [5.41, 5.74) is 2.65. The third-order valence-corrected chi connectivity index (χ3v) is 4.93. The molecular formula is C21H19NO4. The Kier molecular flexibility index (Phi) is 4.21. The van der Waals surface area contributed by atoms with E-state index in [-0.39, 0.29) is 18.6 Å². The molecule has 0 aliphatic heterocycles. The lowest BCUT2D eigenvalue weighted by molar-refractivity contribution is -0.133. The molecule has 1 aliphatic rings. The van der Waals surface area contributed by atoms with Crippen LogP contribution in [-0.4, -0.2) is 30.5 Å². The highest BCUT2D eigenvalue weighted by Crippen LogP contribution is 2.25. The van der Waals surface area contributed by atoms with Gasteiger partial charge in [-0.3, -0.25) is 4.79 Å². The normalized spacial score (nSPS) is 13.6. The van der Waals surface area contributed by atoms with Crippen molar-refractivity contribution >= 4 is 16.9 Å². The standard InChI is InChI=1S/C21H19NO4/c1-22(17-10-15-4-2-3-5-16(15)11-17)20(23)13-25-18-8-6-14-7-9-21(24)26-19(14)12-18/h2-9,12,17H,10-11,13H2,1H3. The van der Waals surface area contributed by atoms with E-state index in [1.54, 1.807) is 29.2 Å². The molecule has 1 heterocycles. The minimum absolute atomic E-state index is 0.0497. The number of amides is 1. The van der Waals surface area contributed by atoms with Gasteiger partial charge in [-0.05, 0) is 42.2 Å². The Morgan fingerprint density at radius 3 is 2.54 bits per heavy atom. The van der Waals surface area contributed by atoms with Gasteiger partial charge in [0.05, 0.1) is 0 Å². The summed E-state index contributed by atoms with van der Waals surface area (Å²) < 4.78 is 10.8. The van der Waals surface area contributed by atoms with E-state index in [0.717, 1.165) is 18.2 Å². The molecule has 0 radical (unpaired) electrons. The van der Waals surface area contributed by atoms with Crippen LogP contribution in [0.25, 0.3) is 11.0 Å². The van der Waals surface area contributed by atoms with Crippen molar-refractivity contribution in [2.24, 2.45) is 0 Å². The number of likely N-dealkylation sites (N-methyl/N-ethyl adjacent to an activating group) is 1. The number of fused-ring (bicyclic) bond motifs is 2. The molecule has 1 aromatic heterocycles. The highest BCUT2D eigenvalue weighted by Gasteiger charge is 2.27. The van der Waals surface area contributed by atoms with Gasteiger partial charge in [0, 0.05) is 30.6 Å². The van der Waals surface area contributed by atoms with Crippen LogP contribution < -0.4 is 10.4 Å². The topological polar surface area (TPSA) is 59.8 Å². The maximum atomic E-state index is 12.5. The molecule has 0 fully saturated rings. The van der Waals surface area contributed by atoms with Crippen LogP contribution in [0.15, 0.2) is 63.8 Å². The molecular weight excluding hydrogens is 330 g/mol. The zero-order valence-corrected chi connectivity index (χ0v) is 14.5. The second-order valence-corrected chi connectivity index (χ2v) is 6.58. The van der Waals surface area contributed by atoms with Crippen molar-refractivity contribution in [1.29, 1.82) is 0 Å². The summed E-state index contributed by atoms with van der Waals surface area (Å²) in [6.45, 7) is -0.0497. The van der Waals surface area contributed by atoms with Crippen LogP contribution in [0.5, 0.6) is 5.75 Å². The number of ether oxygens (including phenoxy) is 1. The summed E-state index contributed by atoms with van der Waals surface area (Å²) in [6, 6.07) is 16.7. The molecule has 0 unspecified atom stereocenters. The van der Waals surface area contributed by atoms with E-state index in [4.69, 9.17) is 9.15 Å². The summed E-state index contributed by atoms with van der Waals surface area (Å²) in [4.78, 5) is 25.6. The number of hydrogen-bond acceptors (Lipinski definition) is 4. The Bertz CT molecular complexity index is 999. The SMILES string of the molecule is CN(C(=O)COc1ccc2ccc(=O)oc2c1)C1Cc2ccccc2C1. The van der Waals surface area contributed by atoms with Crippen LogP contribution in [0.4, 0.5) is 0 Å². The van der Waals surface area contributed by atoms with E-state index < -0.39 is 5.63 Å². The Balaban J connectivity index is 1.40. The predicted octanol–water partition coefficient (Wildman–Crippen LogP) is 2.80. The van der Waals surface area contributed by atoms with Crippen molar-refractivity contribution in [2.75, 3.05) is 13.7 Å². The number of carbonyl (C=O) groups excluding carboxylic acids is 1. The van der Waals surface area contributed by atoms with Gasteiger partial charge in [-0.25, -0.2) is 4.79 Å². The highest BCUT2D eigenvalue weighted by atomic mass is 16.5. The average Bonchev–Trinajstić information content (AvgIpc) is 3.09. The largest absolute Gasteiger partial charge is 0.484 e. The summed E-state index contributed by atoms with van der Waals surface area (Å²) in [7, 11) is 1.82. The molecule has 0 N–H and O–H groups in total. The Hall–Kier alpha value is -3.08. The Morgan fingerprint density at radius 1 is 1.12 bits per heavy atom. The zero-order valence-electron chi connectivity index (χ0n) is 14.5. The molecule has 0 bridgehead atoms. The molecule has 5 nitrogen and oxygen atoms in total. The molecule has 4 rings (SSSR count). The van der Waals surface area contributed by atoms with Crippen LogP contribution in [-0.2, 0) is 17.6 Å². The quantitative estimate of drug-likeness (QED) is 0.680. The van der Waals surface area contributed by atoms with Crippen molar-refractivity contribution in [2.45, 2.75) is 18.9 Å². The Morgan fingerprint density at radius 2 is 1.81 bits per heavy atom. The van der Waals surface area contributed by atoms with Crippen LogP contribution in [0.2, 0.25) is 0 Å². The van der Waals surface area contributed by atoms with Gasteiger partial charge in [0.1, 0.15) is 11.3 Å². The molecule has 0 atom stereocenters. The number of rotatable bonds is 4. The van der Waals surface area contributed by atoms with Gasteiger partial charge in [-0.1, -0.05) is 24.3 Å². The first kappa shape index (κ1) is 16.4. The van der Waals surface area contributed by atoms with Gasteiger partial charge in [-0.2, -0.15) is 0 Å². The number of benzene rings is 2. The van der Waals surface area contributed by atoms with E-state index in [0.29, 0.717) is 11.3 Å². The second kappa shape index (κ2) is 6.67. The van der Waals surface area contributed by atoms with Crippen LogP contribution >= 0.6 is 0 Å². The fourth-order valence-corrected chi connectivity index (χ4v) is 3.39. The van der Waals surface area contributed by atoms with Gasteiger partial charge in [0.2, 0.25) is 0 Å². The van der Waals surface area contributed by atoms with Gasteiger partial charge in [0.25, 0.3) is 5.91 Å². The summed E-state index contributed by atoms with van der Waals surface area (Å²) >= 11 is 0. The molecule has 0 saturated heterocycles. The zero-order chi connectivity index (χ0) is 18.1. The van der Waals surface area contributed by atoms with Crippen LogP contribution in [0.1, 0.15) is 11.1 Å². The van der Waals surface area contributed by atoms with Crippen molar-refractivity contribution in [3.63, 3.8) is 0 Å². The van der Waals surface area contributed by atoms with Gasteiger partial charge < -0.3 is 14.1 Å². The van der Waals surface area contributed by atoms with Crippen LogP contribution in [0, 0.1) is 0 Å². The fraction of sp³-hybridized carbons (Fsp3) is 0.238. The highest BCUT2D eigenvalue weighted by molar-refractivity contribution is 5.79. The summed E-state index contributed by atoms with van der Waals surface area (Å²) in [6.07, 6.45) is 1.75. The van der Waals surface area contributed by atoms with E-state index in [1.165, 1.54) is 17.2 Å². The summed E-state index contributed by atoms with van der Waals surface area (Å²) in [5.74, 6) is 0.431. The molecule has 3 aromatic rings. The molecule has 1 amide bonds. The third kappa shape index (κ3) is 3.20. The smallest absolute Gasteiger partial charge is 0.336 e. The van der Waals surface area contributed by atoms with Crippen molar-refractivity contribution in [1.82, 2.24) is 4.90 Å². The maximum Gasteiger partial charge on any atom is 0.336 e. The van der Waals surface area contributed by atoms with E-state index >= 15 is 0 Å². The van der Waals surface area contributed by atoms with Crippen molar-refractivity contribution in [3.05, 3.63) is 76.1 Å². The maximum absolute atomic E-state index is 12.5. The molecule has 2 aromatic carbocycles. The Labute approximate surface area is 150 Å². The monoisotopic (exact) mass is 349 g/mol. The second-order valence-electron chi connectivity index (χ2n) is 6.58. The lowest BCUT2D eigenvalue weighted by atomic mass is 10.1. The van der Waals surface area contributed by atoms with Crippen LogP contribution in [0.3, 0.4) is 0 Å². The van der Waals surface area contributed by atoms with Gasteiger partial charge in [-0.15, -0.1) is 0 Å². The van der Waals surface area contributed by atoms with Crippen molar-refractivity contribution < 1.29 is 13.9 Å².